The molecule has 3 nitrogen and oxygen atoms in total. The number of H-pyrrole nitrogens is 1. The summed E-state index contributed by atoms with van der Waals surface area (Å²) in [5.74, 6) is 1.38. The lowest BCUT2D eigenvalue weighted by Gasteiger charge is -2.04. The Hall–Kier alpha value is -1.81. The molecule has 0 bridgehead atoms. The Bertz CT molecular complexity index is 727. The van der Waals surface area contributed by atoms with Crippen LogP contribution in [-0.2, 0) is 6.61 Å². The first-order chi connectivity index (χ1) is 9.61. The first kappa shape index (κ1) is 13.2. The number of aromatic nitrogens is 2. The fourth-order valence-corrected chi connectivity index (χ4v) is 2.76. The molecule has 3 aromatic rings. The van der Waals surface area contributed by atoms with Crippen molar-refractivity contribution >= 4 is 22.2 Å². The monoisotopic (exact) mass is 286 g/mol. The minimum absolute atomic E-state index is 0.504. The van der Waals surface area contributed by atoms with Gasteiger partial charge in [0.15, 0.2) is 0 Å². The van der Waals surface area contributed by atoms with Gasteiger partial charge in [0.2, 0.25) is 0 Å². The van der Waals surface area contributed by atoms with Crippen molar-refractivity contribution < 1.29 is 4.74 Å². The van der Waals surface area contributed by atoms with Gasteiger partial charge in [-0.3, -0.25) is 0 Å². The van der Waals surface area contributed by atoms with Gasteiger partial charge in [-0.2, -0.15) is 0 Å². The van der Waals surface area contributed by atoms with Crippen LogP contribution in [0.3, 0.4) is 0 Å². The summed E-state index contributed by atoms with van der Waals surface area (Å²) in [6, 6.07) is 8.37. The Labute approximate surface area is 122 Å². The van der Waals surface area contributed by atoms with Crippen molar-refractivity contribution in [2.45, 2.75) is 33.3 Å². The summed E-state index contributed by atoms with van der Waals surface area (Å²) >= 11 is 1.65. The third-order valence-corrected chi connectivity index (χ3v) is 4.11. The molecule has 0 spiro atoms. The number of nitrogens with one attached hydrogen (secondary N) is 1. The van der Waals surface area contributed by atoms with Gasteiger partial charge in [0, 0.05) is 22.7 Å². The van der Waals surface area contributed by atoms with E-state index in [1.54, 1.807) is 11.3 Å². The summed E-state index contributed by atoms with van der Waals surface area (Å²) in [6.45, 7) is 6.90. The quantitative estimate of drug-likeness (QED) is 0.759. The zero-order valence-electron chi connectivity index (χ0n) is 11.9. The van der Waals surface area contributed by atoms with E-state index in [-0.39, 0.29) is 0 Å². The second kappa shape index (κ2) is 5.29. The van der Waals surface area contributed by atoms with E-state index < -0.39 is 0 Å². The van der Waals surface area contributed by atoms with E-state index in [1.807, 2.05) is 18.4 Å². The first-order valence-corrected chi connectivity index (χ1v) is 7.66. The minimum atomic E-state index is 0.504. The molecule has 1 aromatic carbocycles. The Balaban J connectivity index is 1.78. The van der Waals surface area contributed by atoms with Crippen LogP contribution < -0.4 is 4.74 Å². The van der Waals surface area contributed by atoms with Crippen molar-refractivity contribution in [2.75, 3.05) is 0 Å². The van der Waals surface area contributed by atoms with Crippen molar-refractivity contribution in [2.24, 2.45) is 0 Å². The number of hydrogen-bond acceptors (Lipinski definition) is 3. The lowest BCUT2D eigenvalue weighted by molar-refractivity contribution is 0.302. The van der Waals surface area contributed by atoms with Gasteiger partial charge in [-0.05, 0) is 36.4 Å². The van der Waals surface area contributed by atoms with E-state index >= 15 is 0 Å². The highest BCUT2D eigenvalue weighted by Gasteiger charge is 2.06. The number of ether oxygens (including phenoxy) is 1. The third kappa shape index (κ3) is 2.70. The number of fused-ring (bicyclic) bond motifs is 1. The number of aryl methyl sites for hydroxylation is 1. The van der Waals surface area contributed by atoms with E-state index in [4.69, 9.17) is 4.74 Å². The van der Waals surface area contributed by atoms with Crippen molar-refractivity contribution in [1.82, 2.24) is 9.97 Å². The fourth-order valence-electron chi connectivity index (χ4n) is 2.16. The lowest BCUT2D eigenvalue weighted by atomic mass is 10.1. The van der Waals surface area contributed by atoms with Gasteiger partial charge in [0.25, 0.3) is 0 Å². The molecule has 0 aliphatic heterocycles. The van der Waals surface area contributed by atoms with Crippen LogP contribution in [0.2, 0.25) is 0 Å². The van der Waals surface area contributed by atoms with Crippen LogP contribution in [0.5, 0.6) is 5.75 Å². The summed E-state index contributed by atoms with van der Waals surface area (Å²) in [4.78, 5) is 7.85. The van der Waals surface area contributed by atoms with Crippen molar-refractivity contribution in [1.29, 1.82) is 0 Å². The maximum absolute atomic E-state index is 5.81. The molecule has 2 aromatic heterocycles. The Morgan fingerprint density at radius 2 is 2.15 bits per heavy atom. The van der Waals surface area contributed by atoms with Crippen LogP contribution in [0.15, 0.2) is 29.6 Å². The van der Waals surface area contributed by atoms with Gasteiger partial charge in [0.1, 0.15) is 12.4 Å². The molecule has 104 valence electrons. The minimum Gasteiger partial charge on any atom is -0.487 e. The van der Waals surface area contributed by atoms with Crippen LogP contribution >= 0.6 is 11.3 Å². The molecule has 3 rings (SSSR count). The molecule has 1 N–H and O–H groups in total. The molecule has 0 unspecified atom stereocenters. The normalized spacial score (nSPS) is 11.4. The number of nitrogens with zero attached hydrogens (tertiary/aromatic N) is 1. The second-order valence-electron chi connectivity index (χ2n) is 5.27. The van der Waals surface area contributed by atoms with Gasteiger partial charge in [-0.1, -0.05) is 13.8 Å². The van der Waals surface area contributed by atoms with Gasteiger partial charge >= 0.3 is 0 Å². The zero-order valence-corrected chi connectivity index (χ0v) is 12.8. The molecule has 0 aliphatic carbocycles. The van der Waals surface area contributed by atoms with E-state index in [9.17, 15) is 0 Å². The highest BCUT2D eigenvalue weighted by molar-refractivity contribution is 7.09. The molecule has 0 amide bonds. The van der Waals surface area contributed by atoms with E-state index in [2.05, 4.69) is 42.0 Å². The average Bonchev–Trinajstić information content (AvgIpc) is 3.01. The molecule has 0 radical (unpaired) electrons. The highest BCUT2D eigenvalue weighted by Crippen LogP contribution is 2.25. The largest absolute Gasteiger partial charge is 0.487 e. The van der Waals surface area contributed by atoms with Crippen LogP contribution in [0.4, 0.5) is 0 Å². The zero-order chi connectivity index (χ0) is 14.1. The van der Waals surface area contributed by atoms with Crippen LogP contribution in [0.25, 0.3) is 10.9 Å². The third-order valence-electron chi connectivity index (χ3n) is 3.29. The molecule has 2 heterocycles. The molecule has 0 saturated heterocycles. The van der Waals surface area contributed by atoms with Crippen molar-refractivity contribution in [3.05, 3.63) is 46.0 Å². The number of rotatable bonds is 4. The molecule has 0 fully saturated rings. The number of thiazole rings is 1. The number of benzene rings is 1. The summed E-state index contributed by atoms with van der Waals surface area (Å²) in [7, 11) is 0. The summed E-state index contributed by atoms with van der Waals surface area (Å²) in [5, 5.41) is 4.34. The Morgan fingerprint density at radius 1 is 1.30 bits per heavy atom. The standard InChI is InChI=1S/C16H18N2OS/c1-10(2)15-6-12-4-5-14(7-16(12)18-15)19-8-13-9-20-11(3)17-13/h4-7,9-10,18H,8H2,1-3H3. The van der Waals surface area contributed by atoms with E-state index in [0.717, 1.165) is 22.0 Å². The predicted octanol–water partition coefficient (Wildman–Crippen LogP) is 4.64. The van der Waals surface area contributed by atoms with Gasteiger partial charge in [0.05, 0.1) is 10.7 Å². The number of hydrogen-bond donors (Lipinski definition) is 1. The summed E-state index contributed by atoms with van der Waals surface area (Å²) < 4.78 is 5.81. The van der Waals surface area contributed by atoms with E-state index in [1.165, 1.54) is 11.1 Å². The van der Waals surface area contributed by atoms with Crippen molar-refractivity contribution in [3.8, 4) is 5.75 Å². The first-order valence-electron chi connectivity index (χ1n) is 6.78. The van der Waals surface area contributed by atoms with Gasteiger partial charge in [-0.15, -0.1) is 11.3 Å². The smallest absolute Gasteiger partial charge is 0.131 e. The van der Waals surface area contributed by atoms with Crippen molar-refractivity contribution in [3.63, 3.8) is 0 Å². The van der Waals surface area contributed by atoms with Crippen LogP contribution in [0, 0.1) is 6.92 Å². The predicted molar refractivity (Wildman–Crippen MR) is 83.6 cm³/mol. The topological polar surface area (TPSA) is 37.9 Å². The Morgan fingerprint density at radius 3 is 2.85 bits per heavy atom. The summed E-state index contributed by atoms with van der Waals surface area (Å²) in [5.41, 5.74) is 3.37. The molecule has 4 heteroatoms. The fraction of sp³-hybridized carbons (Fsp3) is 0.312. The van der Waals surface area contributed by atoms with Crippen LogP contribution in [0.1, 0.15) is 36.2 Å². The molecule has 0 aliphatic rings. The second-order valence-corrected chi connectivity index (χ2v) is 6.34. The van der Waals surface area contributed by atoms with Gasteiger partial charge in [-0.25, -0.2) is 4.98 Å². The highest BCUT2D eigenvalue weighted by atomic mass is 32.1. The maximum atomic E-state index is 5.81. The molecule has 20 heavy (non-hydrogen) atoms. The Kier molecular flexibility index (Phi) is 3.49. The van der Waals surface area contributed by atoms with Crippen LogP contribution in [-0.4, -0.2) is 9.97 Å². The molecule has 0 atom stereocenters. The maximum Gasteiger partial charge on any atom is 0.131 e. The number of aromatic amines is 1. The molecule has 0 saturated carbocycles. The summed E-state index contributed by atoms with van der Waals surface area (Å²) in [6.07, 6.45) is 0. The average molecular weight is 286 g/mol. The SMILES string of the molecule is Cc1nc(COc2ccc3cc(C(C)C)[nH]c3c2)cs1. The lowest BCUT2D eigenvalue weighted by Crippen LogP contribution is -1.95. The molecular weight excluding hydrogens is 268 g/mol. The van der Waals surface area contributed by atoms with Gasteiger partial charge < -0.3 is 9.72 Å². The molecular formula is C16H18N2OS. The van der Waals surface area contributed by atoms with E-state index in [0.29, 0.717) is 12.5 Å².